The van der Waals surface area contributed by atoms with Crippen LogP contribution in [-0.2, 0) is 11.0 Å². The summed E-state index contributed by atoms with van der Waals surface area (Å²) >= 11 is 0. The molecule has 3 rings (SSSR count). The summed E-state index contributed by atoms with van der Waals surface area (Å²) in [6, 6.07) is 0.989. The van der Waals surface area contributed by atoms with Crippen molar-refractivity contribution in [2.24, 2.45) is 5.92 Å². The van der Waals surface area contributed by atoms with Gasteiger partial charge in [-0.1, -0.05) is 19.3 Å². The highest BCUT2D eigenvalue weighted by Gasteiger charge is 2.37. The van der Waals surface area contributed by atoms with E-state index in [0.29, 0.717) is 12.8 Å². The lowest BCUT2D eigenvalue weighted by Crippen LogP contribution is -2.26. The van der Waals surface area contributed by atoms with E-state index in [9.17, 15) is 22.4 Å². The van der Waals surface area contributed by atoms with Crippen molar-refractivity contribution in [1.82, 2.24) is 15.0 Å². The Bertz CT molecular complexity index is 804. The number of alkyl halides is 3. The molecule has 1 amide bonds. The number of carbonyl (C=O) groups excluding carboxylic acids is 1. The summed E-state index contributed by atoms with van der Waals surface area (Å²) in [6.45, 7) is 0. The Balaban J connectivity index is 1.91. The third-order valence-corrected chi connectivity index (χ3v) is 4.25. The maximum atomic E-state index is 13.4. The topological polar surface area (TPSA) is 67.8 Å². The maximum Gasteiger partial charge on any atom is 0.435 e. The van der Waals surface area contributed by atoms with Crippen LogP contribution in [0.15, 0.2) is 24.7 Å². The van der Waals surface area contributed by atoms with Gasteiger partial charge < -0.3 is 5.32 Å². The molecule has 0 saturated heterocycles. The molecule has 2 aromatic rings. The van der Waals surface area contributed by atoms with Crippen molar-refractivity contribution in [1.29, 1.82) is 0 Å². The summed E-state index contributed by atoms with van der Waals surface area (Å²) in [5.74, 6) is -1.80. The van der Waals surface area contributed by atoms with Gasteiger partial charge in [0.1, 0.15) is 5.82 Å². The average molecular weight is 368 g/mol. The maximum absolute atomic E-state index is 13.4. The molecular formula is C17H16F4N4O. The van der Waals surface area contributed by atoms with E-state index in [1.165, 1.54) is 6.20 Å². The third kappa shape index (κ3) is 4.14. The van der Waals surface area contributed by atoms with Crippen LogP contribution in [0.3, 0.4) is 0 Å². The van der Waals surface area contributed by atoms with E-state index in [0.717, 1.165) is 37.7 Å². The molecule has 0 bridgehead atoms. The second-order valence-corrected chi connectivity index (χ2v) is 6.17. The summed E-state index contributed by atoms with van der Waals surface area (Å²) < 4.78 is 53.4. The van der Waals surface area contributed by atoms with Gasteiger partial charge in [-0.15, -0.1) is 0 Å². The van der Waals surface area contributed by atoms with Gasteiger partial charge in [-0.05, 0) is 18.9 Å². The van der Waals surface area contributed by atoms with Crippen LogP contribution in [0, 0.1) is 11.7 Å². The van der Waals surface area contributed by atoms with Gasteiger partial charge in [-0.25, -0.2) is 14.4 Å². The number of carbonyl (C=O) groups is 1. The van der Waals surface area contributed by atoms with Crippen LogP contribution in [0.25, 0.3) is 11.4 Å². The second kappa shape index (κ2) is 7.35. The Morgan fingerprint density at radius 1 is 1.12 bits per heavy atom. The number of nitrogens with one attached hydrogen (secondary N) is 1. The quantitative estimate of drug-likeness (QED) is 0.824. The number of hydrogen-bond acceptors (Lipinski definition) is 4. The van der Waals surface area contributed by atoms with Crippen molar-refractivity contribution in [2.45, 2.75) is 38.3 Å². The summed E-state index contributed by atoms with van der Waals surface area (Å²) in [6.07, 6.45) is 2.29. The molecule has 0 spiro atoms. The van der Waals surface area contributed by atoms with Gasteiger partial charge in [0, 0.05) is 17.7 Å². The normalized spacial score (nSPS) is 15.7. The van der Waals surface area contributed by atoms with Gasteiger partial charge in [0.2, 0.25) is 5.91 Å². The molecule has 0 aliphatic heterocycles. The van der Waals surface area contributed by atoms with E-state index in [2.05, 4.69) is 20.3 Å². The van der Waals surface area contributed by atoms with E-state index < -0.39 is 29.3 Å². The van der Waals surface area contributed by atoms with Crippen molar-refractivity contribution in [2.75, 3.05) is 5.32 Å². The molecule has 1 aliphatic carbocycles. The van der Waals surface area contributed by atoms with Crippen LogP contribution in [0.4, 0.5) is 23.2 Å². The smallest absolute Gasteiger partial charge is 0.323 e. The fourth-order valence-corrected chi connectivity index (χ4v) is 2.96. The number of anilines is 1. The first-order chi connectivity index (χ1) is 12.3. The van der Waals surface area contributed by atoms with Crippen LogP contribution >= 0.6 is 0 Å². The standard InChI is InChI=1S/C17H16F4N4O/c18-12-6-11(7-22-8-12)15-23-9-13(14(25-15)17(19,20)21)24-16(26)10-4-2-1-3-5-10/h6-10H,1-5H2,(H,24,26). The lowest BCUT2D eigenvalue weighted by molar-refractivity contribution is -0.140. The Morgan fingerprint density at radius 3 is 2.50 bits per heavy atom. The minimum Gasteiger partial charge on any atom is -0.323 e. The first-order valence-electron chi connectivity index (χ1n) is 8.20. The number of pyridine rings is 1. The van der Waals surface area contributed by atoms with Crippen molar-refractivity contribution >= 4 is 11.6 Å². The Hall–Kier alpha value is -2.58. The molecule has 0 aromatic carbocycles. The first kappa shape index (κ1) is 18.2. The molecule has 138 valence electrons. The van der Waals surface area contributed by atoms with E-state index in [1.54, 1.807) is 0 Å². The predicted molar refractivity (Wildman–Crippen MR) is 85.4 cm³/mol. The lowest BCUT2D eigenvalue weighted by Gasteiger charge is -2.21. The molecule has 1 fully saturated rings. The molecule has 0 unspecified atom stereocenters. The van der Waals surface area contributed by atoms with Crippen LogP contribution in [0.5, 0.6) is 0 Å². The van der Waals surface area contributed by atoms with Crippen molar-refractivity contribution in [3.05, 3.63) is 36.2 Å². The summed E-state index contributed by atoms with van der Waals surface area (Å²) in [5, 5.41) is 2.30. The SMILES string of the molecule is O=C(Nc1cnc(-c2cncc(F)c2)nc1C(F)(F)F)C1CCCCC1. The minimum absolute atomic E-state index is 0.0145. The molecule has 9 heteroatoms. The predicted octanol–water partition coefficient (Wildman–Crippen LogP) is 4.22. The molecule has 2 aromatic heterocycles. The molecular weight excluding hydrogens is 352 g/mol. The second-order valence-electron chi connectivity index (χ2n) is 6.17. The molecule has 1 aliphatic rings. The van der Waals surface area contributed by atoms with Crippen LogP contribution in [0.2, 0.25) is 0 Å². The summed E-state index contributed by atoms with van der Waals surface area (Å²) in [5.41, 5.74) is -1.75. The highest BCUT2D eigenvalue weighted by Crippen LogP contribution is 2.35. The van der Waals surface area contributed by atoms with Crippen LogP contribution in [0.1, 0.15) is 37.8 Å². The number of rotatable bonds is 3. The number of halogens is 4. The molecule has 5 nitrogen and oxygen atoms in total. The van der Waals surface area contributed by atoms with Crippen molar-refractivity contribution in [3.63, 3.8) is 0 Å². The Kier molecular flexibility index (Phi) is 5.15. The third-order valence-electron chi connectivity index (χ3n) is 4.25. The highest BCUT2D eigenvalue weighted by atomic mass is 19.4. The largest absolute Gasteiger partial charge is 0.435 e. The first-order valence-corrected chi connectivity index (χ1v) is 8.20. The molecule has 26 heavy (non-hydrogen) atoms. The highest BCUT2D eigenvalue weighted by molar-refractivity contribution is 5.93. The number of nitrogens with zero attached hydrogens (tertiary/aromatic N) is 3. The monoisotopic (exact) mass is 368 g/mol. The summed E-state index contributed by atoms with van der Waals surface area (Å²) in [7, 11) is 0. The minimum atomic E-state index is -4.80. The lowest BCUT2D eigenvalue weighted by atomic mass is 9.88. The van der Waals surface area contributed by atoms with Gasteiger partial charge in [-0.3, -0.25) is 9.78 Å². The summed E-state index contributed by atoms with van der Waals surface area (Å²) in [4.78, 5) is 23.2. The Morgan fingerprint density at radius 2 is 1.85 bits per heavy atom. The van der Waals surface area contributed by atoms with Crippen LogP contribution in [-0.4, -0.2) is 20.9 Å². The average Bonchev–Trinajstić information content (AvgIpc) is 2.62. The van der Waals surface area contributed by atoms with Gasteiger partial charge in [0.25, 0.3) is 0 Å². The van der Waals surface area contributed by atoms with E-state index in [-0.39, 0.29) is 17.3 Å². The van der Waals surface area contributed by atoms with Gasteiger partial charge in [0.15, 0.2) is 11.5 Å². The molecule has 0 atom stereocenters. The number of amides is 1. The fourth-order valence-electron chi connectivity index (χ4n) is 2.96. The van der Waals surface area contributed by atoms with E-state index in [4.69, 9.17) is 0 Å². The van der Waals surface area contributed by atoms with Gasteiger partial charge in [-0.2, -0.15) is 13.2 Å². The zero-order chi connectivity index (χ0) is 18.7. The van der Waals surface area contributed by atoms with Crippen LogP contribution < -0.4 is 5.32 Å². The van der Waals surface area contributed by atoms with E-state index in [1.807, 2.05) is 0 Å². The zero-order valence-electron chi connectivity index (χ0n) is 13.7. The van der Waals surface area contributed by atoms with Gasteiger partial charge in [0.05, 0.1) is 18.1 Å². The fraction of sp³-hybridized carbons (Fsp3) is 0.412. The molecule has 2 heterocycles. The van der Waals surface area contributed by atoms with Gasteiger partial charge >= 0.3 is 6.18 Å². The molecule has 0 radical (unpaired) electrons. The van der Waals surface area contributed by atoms with Crippen molar-refractivity contribution < 1.29 is 22.4 Å². The molecule has 1 N–H and O–H groups in total. The van der Waals surface area contributed by atoms with Crippen molar-refractivity contribution in [3.8, 4) is 11.4 Å². The van der Waals surface area contributed by atoms with E-state index >= 15 is 0 Å². The number of aromatic nitrogens is 3. The number of hydrogen-bond donors (Lipinski definition) is 1. The zero-order valence-corrected chi connectivity index (χ0v) is 13.7. The Labute approximate surface area is 146 Å². The molecule has 1 saturated carbocycles.